The van der Waals surface area contributed by atoms with Crippen LogP contribution in [0.15, 0.2) is 36.9 Å². The number of thiocarbonyl (C=S) groups is 2. The minimum Gasteiger partial charge on any atom is -0.497 e. The average molecular weight is 296 g/mol. The van der Waals surface area contributed by atoms with Crippen molar-refractivity contribution in [3.8, 4) is 5.75 Å². The fourth-order valence-corrected chi connectivity index (χ4v) is 1.49. The Hall–Kier alpha value is -1.86. The van der Waals surface area contributed by atoms with Crippen molar-refractivity contribution < 1.29 is 4.74 Å². The molecule has 0 spiro atoms. The molecule has 0 fully saturated rings. The Morgan fingerprint density at radius 3 is 2.74 bits per heavy atom. The molecular formula is C12H16N4OS2. The van der Waals surface area contributed by atoms with Gasteiger partial charge in [0.05, 0.1) is 7.11 Å². The molecule has 4 N–H and O–H groups in total. The molecule has 0 heterocycles. The van der Waals surface area contributed by atoms with Gasteiger partial charge in [0, 0.05) is 18.3 Å². The first-order chi connectivity index (χ1) is 9.15. The summed E-state index contributed by atoms with van der Waals surface area (Å²) in [5, 5.41) is 6.74. The summed E-state index contributed by atoms with van der Waals surface area (Å²) in [6.07, 6.45) is 1.71. The standard InChI is InChI=1S/C12H16N4OS2/c1-3-7-13-11(18)15-16-12(19)14-9-5-4-6-10(8-9)17-2/h3-6,8H,1,7H2,2H3,(H2,13,15,18)(H2,14,16,19). The lowest BCUT2D eigenvalue weighted by Gasteiger charge is -2.13. The van der Waals surface area contributed by atoms with Crippen molar-refractivity contribution in [3.63, 3.8) is 0 Å². The van der Waals surface area contributed by atoms with E-state index in [1.165, 1.54) is 0 Å². The predicted octanol–water partition coefficient (Wildman–Crippen LogP) is 1.55. The van der Waals surface area contributed by atoms with Crippen molar-refractivity contribution in [1.29, 1.82) is 0 Å². The number of benzene rings is 1. The van der Waals surface area contributed by atoms with Crippen LogP contribution in [0.4, 0.5) is 5.69 Å². The van der Waals surface area contributed by atoms with Crippen molar-refractivity contribution in [2.45, 2.75) is 0 Å². The maximum absolute atomic E-state index is 5.12. The number of methoxy groups -OCH3 is 1. The van der Waals surface area contributed by atoms with E-state index in [0.29, 0.717) is 16.8 Å². The van der Waals surface area contributed by atoms with E-state index in [9.17, 15) is 0 Å². The average Bonchev–Trinajstić information content (AvgIpc) is 2.43. The molecule has 0 radical (unpaired) electrons. The van der Waals surface area contributed by atoms with E-state index in [0.717, 1.165) is 11.4 Å². The molecule has 102 valence electrons. The van der Waals surface area contributed by atoms with Gasteiger partial charge in [-0.25, -0.2) is 0 Å². The molecule has 0 aliphatic heterocycles. The van der Waals surface area contributed by atoms with E-state index in [4.69, 9.17) is 29.2 Å². The van der Waals surface area contributed by atoms with Gasteiger partial charge in [0.15, 0.2) is 10.2 Å². The van der Waals surface area contributed by atoms with Gasteiger partial charge in [0.2, 0.25) is 0 Å². The van der Waals surface area contributed by atoms with Crippen LogP contribution in [0.1, 0.15) is 0 Å². The van der Waals surface area contributed by atoms with Gasteiger partial charge in [-0.15, -0.1) is 6.58 Å². The summed E-state index contributed by atoms with van der Waals surface area (Å²) in [4.78, 5) is 0. The molecule has 7 heteroatoms. The summed E-state index contributed by atoms with van der Waals surface area (Å²) in [7, 11) is 1.61. The predicted molar refractivity (Wildman–Crippen MR) is 86.3 cm³/mol. The van der Waals surface area contributed by atoms with Crippen LogP contribution in [0.3, 0.4) is 0 Å². The largest absolute Gasteiger partial charge is 0.497 e. The Morgan fingerprint density at radius 1 is 1.32 bits per heavy atom. The lowest BCUT2D eigenvalue weighted by atomic mass is 10.3. The zero-order valence-electron chi connectivity index (χ0n) is 10.5. The Kier molecular flexibility index (Phi) is 6.62. The first kappa shape index (κ1) is 15.2. The third kappa shape index (κ3) is 6.03. The van der Waals surface area contributed by atoms with E-state index in [2.05, 4.69) is 28.1 Å². The summed E-state index contributed by atoms with van der Waals surface area (Å²) in [5.74, 6) is 0.754. The van der Waals surface area contributed by atoms with Crippen molar-refractivity contribution in [3.05, 3.63) is 36.9 Å². The molecule has 0 aliphatic carbocycles. The van der Waals surface area contributed by atoms with Crippen molar-refractivity contribution >= 4 is 40.3 Å². The van der Waals surface area contributed by atoms with E-state index < -0.39 is 0 Å². The zero-order valence-corrected chi connectivity index (χ0v) is 12.2. The molecule has 1 rings (SSSR count). The lowest BCUT2D eigenvalue weighted by Crippen LogP contribution is -2.48. The Labute approximate surface area is 123 Å². The number of ether oxygens (including phenoxy) is 1. The SMILES string of the molecule is C=CCNC(=S)NNC(=S)Nc1cccc(OC)c1. The van der Waals surface area contributed by atoms with Gasteiger partial charge in [0.1, 0.15) is 5.75 Å². The monoisotopic (exact) mass is 296 g/mol. The maximum Gasteiger partial charge on any atom is 0.189 e. The number of hydrogen-bond acceptors (Lipinski definition) is 3. The van der Waals surface area contributed by atoms with Crippen LogP contribution in [0.5, 0.6) is 5.75 Å². The molecular weight excluding hydrogens is 280 g/mol. The van der Waals surface area contributed by atoms with Crippen LogP contribution in [0.2, 0.25) is 0 Å². The quantitative estimate of drug-likeness (QED) is 0.382. The molecule has 1 aromatic rings. The summed E-state index contributed by atoms with van der Waals surface area (Å²) in [5.41, 5.74) is 6.35. The Morgan fingerprint density at radius 2 is 2.05 bits per heavy atom. The van der Waals surface area contributed by atoms with E-state index in [-0.39, 0.29) is 0 Å². The number of nitrogens with one attached hydrogen (secondary N) is 4. The van der Waals surface area contributed by atoms with Crippen LogP contribution >= 0.6 is 24.4 Å². The highest BCUT2D eigenvalue weighted by atomic mass is 32.1. The van der Waals surface area contributed by atoms with Gasteiger partial charge in [-0.05, 0) is 36.6 Å². The summed E-state index contributed by atoms with van der Waals surface area (Å²) in [6.45, 7) is 4.17. The second-order valence-electron chi connectivity index (χ2n) is 3.43. The molecule has 0 amide bonds. The van der Waals surface area contributed by atoms with Gasteiger partial charge in [-0.3, -0.25) is 10.9 Å². The second kappa shape index (κ2) is 8.28. The van der Waals surface area contributed by atoms with Crippen LogP contribution in [-0.2, 0) is 0 Å². The first-order valence-corrected chi connectivity index (χ1v) is 6.33. The number of anilines is 1. The van der Waals surface area contributed by atoms with Gasteiger partial charge in [-0.2, -0.15) is 0 Å². The summed E-state index contributed by atoms with van der Waals surface area (Å²) >= 11 is 10.1. The van der Waals surface area contributed by atoms with Gasteiger partial charge >= 0.3 is 0 Å². The van der Waals surface area contributed by atoms with Crippen molar-refractivity contribution in [2.75, 3.05) is 19.0 Å². The molecule has 0 saturated carbocycles. The van der Waals surface area contributed by atoms with Crippen LogP contribution in [0, 0.1) is 0 Å². The molecule has 0 unspecified atom stereocenters. The van der Waals surface area contributed by atoms with E-state index in [1.54, 1.807) is 13.2 Å². The first-order valence-electron chi connectivity index (χ1n) is 5.51. The van der Waals surface area contributed by atoms with Gasteiger partial charge in [-0.1, -0.05) is 12.1 Å². The second-order valence-corrected chi connectivity index (χ2v) is 4.25. The number of rotatable bonds is 4. The molecule has 0 aliphatic rings. The summed E-state index contributed by atoms with van der Waals surface area (Å²) in [6, 6.07) is 7.44. The molecule has 0 aromatic heterocycles. The fraction of sp³-hybridized carbons (Fsp3) is 0.167. The molecule has 0 bridgehead atoms. The Bertz CT molecular complexity index is 465. The third-order valence-electron chi connectivity index (χ3n) is 2.02. The van der Waals surface area contributed by atoms with Crippen LogP contribution in [-0.4, -0.2) is 23.9 Å². The minimum atomic E-state index is 0.399. The highest BCUT2D eigenvalue weighted by Crippen LogP contribution is 2.16. The van der Waals surface area contributed by atoms with Crippen LogP contribution in [0.25, 0.3) is 0 Å². The third-order valence-corrected chi connectivity index (χ3v) is 2.47. The Balaban J connectivity index is 2.38. The smallest absolute Gasteiger partial charge is 0.189 e. The fourth-order valence-electron chi connectivity index (χ4n) is 1.19. The van der Waals surface area contributed by atoms with Gasteiger partial charge < -0.3 is 15.4 Å². The molecule has 19 heavy (non-hydrogen) atoms. The van der Waals surface area contributed by atoms with E-state index >= 15 is 0 Å². The minimum absolute atomic E-state index is 0.399. The molecule has 1 aromatic carbocycles. The maximum atomic E-state index is 5.12. The van der Waals surface area contributed by atoms with Crippen molar-refractivity contribution in [1.82, 2.24) is 16.2 Å². The lowest BCUT2D eigenvalue weighted by molar-refractivity contribution is 0.415. The topological polar surface area (TPSA) is 57.3 Å². The number of hydrogen-bond donors (Lipinski definition) is 4. The van der Waals surface area contributed by atoms with Gasteiger partial charge in [0.25, 0.3) is 0 Å². The van der Waals surface area contributed by atoms with Crippen LogP contribution < -0.4 is 26.2 Å². The highest BCUT2D eigenvalue weighted by Gasteiger charge is 1.99. The molecule has 5 nitrogen and oxygen atoms in total. The zero-order chi connectivity index (χ0) is 14.1. The summed E-state index contributed by atoms with van der Waals surface area (Å²) < 4.78 is 5.12. The molecule has 0 atom stereocenters. The molecule has 0 saturated heterocycles. The number of hydrazine groups is 1. The van der Waals surface area contributed by atoms with E-state index in [1.807, 2.05) is 24.3 Å². The normalized spacial score (nSPS) is 9.11. The highest BCUT2D eigenvalue weighted by molar-refractivity contribution is 7.80. The van der Waals surface area contributed by atoms with Crippen molar-refractivity contribution in [2.24, 2.45) is 0 Å².